The first-order valence-electron chi connectivity index (χ1n) is 7.21. The predicted octanol–water partition coefficient (Wildman–Crippen LogP) is 3.24. The SMILES string of the molecule is CC(NC1(CN)CCCCC1C)c1ccccc1. The second-order valence-corrected chi connectivity index (χ2v) is 5.78. The molecule has 2 rings (SSSR count). The average Bonchev–Trinajstić information content (AvgIpc) is 2.42. The minimum atomic E-state index is 0.132. The third kappa shape index (κ3) is 2.76. The monoisotopic (exact) mass is 246 g/mol. The fraction of sp³-hybridized carbons (Fsp3) is 0.625. The Morgan fingerprint density at radius 1 is 1.33 bits per heavy atom. The van der Waals surface area contributed by atoms with Crippen LogP contribution in [0.3, 0.4) is 0 Å². The van der Waals surface area contributed by atoms with Gasteiger partial charge in [0, 0.05) is 18.1 Å². The molecule has 2 heteroatoms. The van der Waals surface area contributed by atoms with Crippen molar-refractivity contribution in [3.05, 3.63) is 35.9 Å². The van der Waals surface area contributed by atoms with Gasteiger partial charge in [-0.25, -0.2) is 0 Å². The molecular weight excluding hydrogens is 220 g/mol. The fourth-order valence-electron chi connectivity index (χ4n) is 3.25. The zero-order valence-electron chi connectivity index (χ0n) is 11.7. The molecule has 0 radical (unpaired) electrons. The first-order valence-corrected chi connectivity index (χ1v) is 7.21. The number of hydrogen-bond donors (Lipinski definition) is 2. The van der Waals surface area contributed by atoms with E-state index >= 15 is 0 Å². The van der Waals surface area contributed by atoms with Crippen LogP contribution in [0.25, 0.3) is 0 Å². The summed E-state index contributed by atoms with van der Waals surface area (Å²) in [6.07, 6.45) is 5.16. The zero-order chi connectivity index (χ0) is 13.0. The molecule has 0 heterocycles. The molecule has 1 aliphatic rings. The van der Waals surface area contributed by atoms with Crippen LogP contribution in [0.5, 0.6) is 0 Å². The predicted molar refractivity (Wildman–Crippen MR) is 77.4 cm³/mol. The molecule has 3 atom stereocenters. The quantitative estimate of drug-likeness (QED) is 0.856. The van der Waals surface area contributed by atoms with E-state index in [4.69, 9.17) is 5.73 Å². The van der Waals surface area contributed by atoms with Crippen LogP contribution in [0.15, 0.2) is 30.3 Å². The van der Waals surface area contributed by atoms with Crippen molar-refractivity contribution in [2.45, 2.75) is 51.1 Å². The van der Waals surface area contributed by atoms with Gasteiger partial charge in [0.05, 0.1) is 0 Å². The van der Waals surface area contributed by atoms with E-state index in [1.807, 2.05) is 0 Å². The maximum atomic E-state index is 6.09. The lowest BCUT2D eigenvalue weighted by atomic mass is 9.73. The molecule has 3 N–H and O–H groups in total. The van der Waals surface area contributed by atoms with Crippen molar-refractivity contribution in [1.29, 1.82) is 0 Å². The molecule has 0 bridgehead atoms. The van der Waals surface area contributed by atoms with Crippen LogP contribution in [0, 0.1) is 5.92 Å². The molecule has 1 aliphatic carbocycles. The van der Waals surface area contributed by atoms with E-state index in [1.54, 1.807) is 0 Å². The van der Waals surface area contributed by atoms with Gasteiger partial charge in [0.25, 0.3) is 0 Å². The van der Waals surface area contributed by atoms with E-state index in [2.05, 4.69) is 49.5 Å². The second kappa shape index (κ2) is 5.85. The molecule has 1 saturated carbocycles. The van der Waals surface area contributed by atoms with Gasteiger partial charge < -0.3 is 11.1 Å². The Morgan fingerprint density at radius 2 is 2.06 bits per heavy atom. The summed E-state index contributed by atoms with van der Waals surface area (Å²) in [5, 5.41) is 3.82. The molecule has 0 aromatic heterocycles. The van der Waals surface area contributed by atoms with Crippen LogP contribution in [0.4, 0.5) is 0 Å². The molecular formula is C16H26N2. The average molecular weight is 246 g/mol. The number of rotatable bonds is 4. The van der Waals surface area contributed by atoms with E-state index in [9.17, 15) is 0 Å². The van der Waals surface area contributed by atoms with E-state index < -0.39 is 0 Å². The summed E-state index contributed by atoms with van der Waals surface area (Å²) < 4.78 is 0. The van der Waals surface area contributed by atoms with Crippen molar-refractivity contribution < 1.29 is 0 Å². The molecule has 0 saturated heterocycles. The summed E-state index contributed by atoms with van der Waals surface area (Å²) in [5.41, 5.74) is 7.58. The summed E-state index contributed by atoms with van der Waals surface area (Å²) in [6.45, 7) is 5.33. The molecule has 0 amide bonds. The highest BCUT2D eigenvalue weighted by atomic mass is 15.0. The van der Waals surface area contributed by atoms with Gasteiger partial charge in [-0.2, -0.15) is 0 Å². The maximum Gasteiger partial charge on any atom is 0.0335 e. The molecule has 1 aromatic rings. The molecule has 1 fully saturated rings. The number of nitrogens with two attached hydrogens (primary N) is 1. The smallest absolute Gasteiger partial charge is 0.0335 e. The third-order valence-corrected chi connectivity index (χ3v) is 4.62. The van der Waals surface area contributed by atoms with Crippen LogP contribution in [-0.2, 0) is 0 Å². The summed E-state index contributed by atoms with van der Waals surface area (Å²) in [6, 6.07) is 11.0. The fourth-order valence-corrected chi connectivity index (χ4v) is 3.25. The lowest BCUT2D eigenvalue weighted by molar-refractivity contribution is 0.147. The Kier molecular flexibility index (Phi) is 4.41. The van der Waals surface area contributed by atoms with Crippen molar-refractivity contribution in [2.24, 2.45) is 11.7 Å². The highest BCUT2D eigenvalue weighted by molar-refractivity contribution is 5.19. The summed E-state index contributed by atoms with van der Waals surface area (Å²) >= 11 is 0. The van der Waals surface area contributed by atoms with Gasteiger partial charge in [0.1, 0.15) is 0 Å². The standard InChI is InChI=1S/C16H26N2/c1-13-8-6-7-11-16(13,12-17)18-14(2)15-9-4-3-5-10-15/h3-5,9-10,13-14,18H,6-8,11-12,17H2,1-2H3. The van der Waals surface area contributed by atoms with Gasteiger partial charge in [0.2, 0.25) is 0 Å². The van der Waals surface area contributed by atoms with E-state index in [-0.39, 0.29) is 5.54 Å². The Hall–Kier alpha value is -0.860. The highest BCUT2D eigenvalue weighted by Crippen LogP contribution is 2.34. The van der Waals surface area contributed by atoms with E-state index in [1.165, 1.54) is 31.2 Å². The van der Waals surface area contributed by atoms with Gasteiger partial charge >= 0.3 is 0 Å². The van der Waals surface area contributed by atoms with Crippen LogP contribution in [-0.4, -0.2) is 12.1 Å². The Bertz CT molecular complexity index is 363. The Labute approximate surface area is 111 Å². The number of benzene rings is 1. The van der Waals surface area contributed by atoms with Crippen molar-refractivity contribution in [3.63, 3.8) is 0 Å². The molecule has 0 spiro atoms. The lowest BCUT2D eigenvalue weighted by Gasteiger charge is -2.44. The minimum Gasteiger partial charge on any atom is -0.329 e. The lowest BCUT2D eigenvalue weighted by Crippen LogP contribution is -2.57. The molecule has 1 aromatic carbocycles. The van der Waals surface area contributed by atoms with Crippen LogP contribution in [0.1, 0.15) is 51.1 Å². The zero-order valence-corrected chi connectivity index (χ0v) is 11.7. The third-order valence-electron chi connectivity index (χ3n) is 4.62. The minimum absolute atomic E-state index is 0.132. The number of nitrogens with one attached hydrogen (secondary N) is 1. The van der Waals surface area contributed by atoms with Crippen LogP contribution < -0.4 is 11.1 Å². The maximum absolute atomic E-state index is 6.09. The summed E-state index contributed by atoms with van der Waals surface area (Å²) in [7, 11) is 0. The van der Waals surface area contributed by atoms with Crippen LogP contribution in [0.2, 0.25) is 0 Å². The van der Waals surface area contributed by atoms with Crippen molar-refractivity contribution in [2.75, 3.05) is 6.54 Å². The molecule has 3 unspecified atom stereocenters. The molecule has 18 heavy (non-hydrogen) atoms. The normalized spacial score (nSPS) is 30.1. The summed E-state index contributed by atoms with van der Waals surface area (Å²) in [5.74, 6) is 0.669. The molecule has 0 aliphatic heterocycles. The Balaban J connectivity index is 2.10. The second-order valence-electron chi connectivity index (χ2n) is 5.78. The number of hydrogen-bond acceptors (Lipinski definition) is 2. The van der Waals surface area contributed by atoms with Crippen molar-refractivity contribution in [3.8, 4) is 0 Å². The van der Waals surface area contributed by atoms with E-state index in [0.717, 1.165) is 6.54 Å². The topological polar surface area (TPSA) is 38.0 Å². The van der Waals surface area contributed by atoms with Gasteiger partial charge in [0.15, 0.2) is 0 Å². The summed E-state index contributed by atoms with van der Waals surface area (Å²) in [4.78, 5) is 0. The Morgan fingerprint density at radius 3 is 2.67 bits per heavy atom. The van der Waals surface area contributed by atoms with Crippen molar-refractivity contribution >= 4 is 0 Å². The first kappa shape index (κ1) is 13.6. The van der Waals surface area contributed by atoms with Crippen molar-refractivity contribution in [1.82, 2.24) is 5.32 Å². The molecule has 2 nitrogen and oxygen atoms in total. The van der Waals surface area contributed by atoms with Gasteiger partial charge in [-0.1, -0.05) is 50.1 Å². The largest absolute Gasteiger partial charge is 0.329 e. The van der Waals surface area contributed by atoms with E-state index in [0.29, 0.717) is 12.0 Å². The van der Waals surface area contributed by atoms with Crippen LogP contribution >= 0.6 is 0 Å². The highest BCUT2D eigenvalue weighted by Gasteiger charge is 2.37. The van der Waals surface area contributed by atoms with Gasteiger partial charge in [-0.15, -0.1) is 0 Å². The first-order chi connectivity index (χ1) is 8.68. The molecule has 100 valence electrons. The van der Waals surface area contributed by atoms with Gasteiger partial charge in [-0.3, -0.25) is 0 Å². The van der Waals surface area contributed by atoms with Gasteiger partial charge in [-0.05, 0) is 31.2 Å².